The third-order valence-electron chi connectivity index (χ3n) is 5.51. The second-order valence-electron chi connectivity index (χ2n) is 7.66. The summed E-state index contributed by atoms with van der Waals surface area (Å²) in [4.78, 5) is 13.9. The topological polar surface area (TPSA) is 123 Å². The summed E-state index contributed by atoms with van der Waals surface area (Å²) >= 11 is 6.31. The Balaban J connectivity index is 1.53. The Labute approximate surface area is 204 Å². The molecule has 0 atom stereocenters. The fraction of sp³-hybridized carbons (Fsp3) is 0.0400. The minimum absolute atomic E-state index is 0.0127. The SMILES string of the molecule is [N-]=N/C(=N\N)c1ccc(Nc2ncc3c(n2)-c2ccc(Cl)cc2C(c2ccccc2F)=NC3)cc1. The number of rotatable bonds is 4. The zero-order chi connectivity index (χ0) is 24.4. The minimum atomic E-state index is -0.364. The van der Waals surface area contributed by atoms with E-state index in [0.29, 0.717) is 44.8 Å². The Bertz CT molecular complexity index is 1500. The molecule has 3 aromatic carbocycles. The summed E-state index contributed by atoms with van der Waals surface area (Å²) in [6.07, 6.45) is 1.70. The van der Waals surface area contributed by atoms with Gasteiger partial charge in [-0.25, -0.2) is 14.4 Å². The Morgan fingerprint density at radius 1 is 1.03 bits per heavy atom. The van der Waals surface area contributed by atoms with Crippen LogP contribution in [0, 0.1) is 5.82 Å². The molecule has 0 saturated heterocycles. The van der Waals surface area contributed by atoms with Crippen molar-refractivity contribution in [2.24, 2.45) is 21.1 Å². The van der Waals surface area contributed by atoms with Crippen LogP contribution in [0.3, 0.4) is 0 Å². The van der Waals surface area contributed by atoms with Gasteiger partial charge in [0.05, 0.1) is 18.0 Å². The molecule has 3 N–H and O–H groups in total. The molecule has 0 fully saturated rings. The number of aliphatic imine (C=N–C) groups is 1. The van der Waals surface area contributed by atoms with E-state index in [1.54, 1.807) is 60.8 Å². The van der Waals surface area contributed by atoms with Crippen LogP contribution in [0.15, 0.2) is 88.1 Å². The second kappa shape index (κ2) is 9.40. The third-order valence-corrected chi connectivity index (χ3v) is 5.74. The van der Waals surface area contributed by atoms with E-state index in [0.717, 1.165) is 11.1 Å². The van der Waals surface area contributed by atoms with Crippen LogP contribution in [0.4, 0.5) is 16.0 Å². The number of fused-ring (bicyclic) bond motifs is 3. The van der Waals surface area contributed by atoms with Crippen LogP contribution in [-0.4, -0.2) is 21.5 Å². The summed E-state index contributed by atoms with van der Waals surface area (Å²) in [5.41, 5.74) is 14.1. The largest absolute Gasteiger partial charge is 0.705 e. The molecule has 35 heavy (non-hydrogen) atoms. The molecule has 5 rings (SSSR count). The first kappa shape index (κ1) is 22.3. The summed E-state index contributed by atoms with van der Waals surface area (Å²) in [5, 5.41) is 10.1. The number of hydrogen-bond acceptors (Lipinski definition) is 6. The van der Waals surface area contributed by atoms with Crippen LogP contribution in [-0.2, 0) is 6.54 Å². The van der Waals surface area contributed by atoms with Gasteiger partial charge in [-0.3, -0.25) is 4.99 Å². The minimum Gasteiger partial charge on any atom is -0.705 e. The molecule has 1 aliphatic heterocycles. The van der Waals surface area contributed by atoms with E-state index >= 15 is 0 Å². The standard InChI is InChI=1S/C25H17ClFN8/c26-16-7-10-18-20(11-16)23(19-3-1-2-4-21(19)27)30-12-15-13-31-25(33-22(15)18)32-17-8-5-14(6-9-17)24(34-28)35-29/h1-11,13H,12,28H2,(H,31,32,33)/q-1/b34-24-. The fourth-order valence-electron chi connectivity index (χ4n) is 3.86. The Morgan fingerprint density at radius 3 is 2.57 bits per heavy atom. The van der Waals surface area contributed by atoms with Crippen LogP contribution in [0.1, 0.15) is 22.3 Å². The molecule has 1 aromatic heterocycles. The van der Waals surface area contributed by atoms with Gasteiger partial charge in [-0.15, -0.1) is 0 Å². The average Bonchev–Trinajstić information content (AvgIpc) is 3.02. The first-order chi connectivity index (χ1) is 17.1. The highest BCUT2D eigenvalue weighted by atomic mass is 35.5. The van der Waals surface area contributed by atoms with Gasteiger partial charge in [0.2, 0.25) is 5.95 Å². The summed E-state index contributed by atoms with van der Waals surface area (Å²) in [7, 11) is 0. The summed E-state index contributed by atoms with van der Waals surface area (Å²) < 4.78 is 14.7. The van der Waals surface area contributed by atoms with E-state index < -0.39 is 0 Å². The predicted molar refractivity (Wildman–Crippen MR) is 134 cm³/mol. The van der Waals surface area contributed by atoms with Crippen LogP contribution in [0.2, 0.25) is 5.02 Å². The second-order valence-corrected chi connectivity index (χ2v) is 8.09. The van der Waals surface area contributed by atoms with Gasteiger partial charge in [0.15, 0.2) is 5.84 Å². The van der Waals surface area contributed by atoms with Gasteiger partial charge < -0.3 is 21.8 Å². The molecule has 0 saturated carbocycles. The van der Waals surface area contributed by atoms with E-state index in [9.17, 15) is 4.39 Å². The molecular weight excluding hydrogens is 467 g/mol. The lowest BCUT2D eigenvalue weighted by molar-refractivity contribution is 0.625. The number of nitrogens with zero attached hydrogens (tertiary/aromatic N) is 6. The van der Waals surface area contributed by atoms with E-state index in [4.69, 9.17) is 33.0 Å². The molecule has 2 heterocycles. The monoisotopic (exact) mass is 483 g/mol. The van der Waals surface area contributed by atoms with Crippen molar-refractivity contribution in [3.63, 3.8) is 0 Å². The summed E-state index contributed by atoms with van der Waals surface area (Å²) in [6.45, 7) is 0.284. The number of hydrazone groups is 1. The van der Waals surface area contributed by atoms with Gasteiger partial charge in [-0.05, 0) is 48.5 Å². The van der Waals surface area contributed by atoms with Crippen molar-refractivity contribution in [2.75, 3.05) is 5.32 Å². The van der Waals surface area contributed by atoms with Crippen LogP contribution >= 0.6 is 11.6 Å². The molecular formula is C25H17ClFN8-. The van der Waals surface area contributed by atoms with Crippen molar-refractivity contribution in [1.29, 1.82) is 0 Å². The average molecular weight is 484 g/mol. The van der Waals surface area contributed by atoms with Crippen molar-refractivity contribution in [3.8, 4) is 11.3 Å². The number of anilines is 2. The van der Waals surface area contributed by atoms with E-state index in [-0.39, 0.29) is 18.2 Å². The normalized spacial score (nSPS) is 12.7. The lowest BCUT2D eigenvalue weighted by Gasteiger charge is -2.13. The Morgan fingerprint density at radius 2 is 1.83 bits per heavy atom. The maximum Gasteiger partial charge on any atom is 0.227 e. The van der Waals surface area contributed by atoms with Gasteiger partial charge in [0.1, 0.15) is 5.82 Å². The first-order valence-electron chi connectivity index (χ1n) is 10.5. The number of aromatic nitrogens is 2. The van der Waals surface area contributed by atoms with Crippen molar-refractivity contribution in [3.05, 3.63) is 112 Å². The lowest BCUT2D eigenvalue weighted by Crippen LogP contribution is -2.07. The van der Waals surface area contributed by atoms with Crippen molar-refractivity contribution < 1.29 is 4.39 Å². The van der Waals surface area contributed by atoms with Crippen LogP contribution in [0.25, 0.3) is 16.8 Å². The lowest BCUT2D eigenvalue weighted by atomic mass is 9.95. The zero-order valence-electron chi connectivity index (χ0n) is 18.2. The Hall–Kier alpha value is -4.50. The number of hydrogen-bond donors (Lipinski definition) is 2. The molecule has 4 aromatic rings. The highest BCUT2D eigenvalue weighted by molar-refractivity contribution is 6.31. The highest BCUT2D eigenvalue weighted by Gasteiger charge is 2.23. The predicted octanol–water partition coefficient (Wildman–Crippen LogP) is 5.67. The van der Waals surface area contributed by atoms with Crippen molar-refractivity contribution >= 4 is 34.8 Å². The van der Waals surface area contributed by atoms with Gasteiger partial charge >= 0.3 is 0 Å². The number of halogens is 2. The molecule has 0 unspecified atom stereocenters. The van der Waals surface area contributed by atoms with E-state index in [1.807, 2.05) is 6.07 Å². The van der Waals surface area contributed by atoms with Crippen LogP contribution in [0.5, 0.6) is 0 Å². The molecule has 0 bridgehead atoms. The van der Waals surface area contributed by atoms with Crippen molar-refractivity contribution in [1.82, 2.24) is 9.97 Å². The van der Waals surface area contributed by atoms with E-state index in [1.165, 1.54) is 6.07 Å². The maximum atomic E-state index is 14.7. The molecule has 10 heteroatoms. The van der Waals surface area contributed by atoms with Gasteiger partial charge in [-0.1, -0.05) is 29.8 Å². The first-order valence-corrected chi connectivity index (χ1v) is 10.9. The highest BCUT2D eigenvalue weighted by Crippen LogP contribution is 2.34. The molecule has 8 nitrogen and oxygen atoms in total. The quantitative estimate of drug-likeness (QED) is 0.127. The third kappa shape index (κ3) is 4.36. The van der Waals surface area contributed by atoms with E-state index in [2.05, 4.69) is 20.5 Å². The zero-order valence-corrected chi connectivity index (χ0v) is 18.9. The van der Waals surface area contributed by atoms with Gasteiger partial charge in [-0.2, -0.15) is 5.10 Å². The van der Waals surface area contributed by atoms with Crippen molar-refractivity contribution in [2.45, 2.75) is 6.54 Å². The Kier molecular flexibility index (Phi) is 5.99. The van der Waals surface area contributed by atoms with Gasteiger partial charge in [0.25, 0.3) is 0 Å². The maximum absolute atomic E-state index is 14.7. The number of benzene rings is 3. The molecule has 1 aliphatic rings. The summed E-state index contributed by atoms with van der Waals surface area (Å²) in [5.74, 6) is 5.23. The molecule has 0 spiro atoms. The molecule has 172 valence electrons. The molecule has 0 aliphatic carbocycles. The van der Waals surface area contributed by atoms with Gasteiger partial charge in [0, 0.05) is 44.7 Å². The van der Waals surface area contributed by atoms with Crippen LogP contribution < -0.4 is 11.2 Å². The summed E-state index contributed by atoms with van der Waals surface area (Å²) in [6, 6.07) is 18.8. The number of amidine groups is 1. The molecule has 0 radical (unpaired) electrons. The number of nitrogens with two attached hydrogens (primary N) is 1. The molecule has 0 amide bonds. The fourth-order valence-corrected chi connectivity index (χ4v) is 4.03. The number of nitrogens with one attached hydrogen (secondary N) is 1. The smallest absolute Gasteiger partial charge is 0.227 e.